The van der Waals surface area contributed by atoms with Gasteiger partial charge in [0.2, 0.25) is 0 Å². The summed E-state index contributed by atoms with van der Waals surface area (Å²) in [5, 5.41) is 0. The molecule has 0 aliphatic rings. The number of benzene rings is 14. The fourth-order valence-corrected chi connectivity index (χ4v) is 14.7. The lowest BCUT2D eigenvalue weighted by atomic mass is 9.86. The molecule has 1 aromatic heterocycles. The first kappa shape index (κ1) is 63.3. The molecule has 6 N–H and O–H groups in total. The highest BCUT2D eigenvalue weighted by molar-refractivity contribution is 7.47. The molecule has 1 heterocycles. The molecule has 0 unspecified atom stereocenters. The first-order valence-corrected chi connectivity index (χ1v) is 34.5. The maximum atomic E-state index is 7.26. The third-order valence-corrected chi connectivity index (χ3v) is 19.7. The van der Waals surface area contributed by atoms with E-state index in [9.17, 15) is 0 Å². The van der Waals surface area contributed by atoms with E-state index in [-0.39, 0.29) is 0 Å². The number of hydrogen-bond donors (Lipinski definition) is 3. The van der Waals surface area contributed by atoms with Crippen molar-refractivity contribution in [1.82, 2.24) is 0 Å². The molecule has 0 spiro atoms. The van der Waals surface area contributed by atoms with Gasteiger partial charge in [0.25, 0.3) is 0 Å². The molecule has 6 nitrogen and oxygen atoms in total. The van der Waals surface area contributed by atoms with Gasteiger partial charge in [0.15, 0.2) is 0 Å². The highest BCUT2D eigenvalue weighted by Crippen LogP contribution is 2.49. The molecule has 0 fully saturated rings. The number of para-hydroxylation sites is 2. The van der Waals surface area contributed by atoms with Crippen LogP contribution in [-0.2, 0) is 12.4 Å². The van der Waals surface area contributed by atoms with E-state index in [1.807, 2.05) is 36.4 Å². The lowest BCUT2D eigenvalue weighted by Crippen LogP contribution is -2.13. The van der Waals surface area contributed by atoms with Gasteiger partial charge in [-0.15, -0.1) is 11.3 Å². The molecule has 0 bridgehead atoms. The average Bonchev–Trinajstić information content (AvgIpc) is 0.834. The van der Waals surface area contributed by atoms with Crippen LogP contribution >= 0.6 is 11.3 Å². The molecule has 15 rings (SSSR count). The molecule has 0 aliphatic carbocycles. The molecule has 14 aromatic carbocycles. The highest BCUT2D eigenvalue weighted by atomic mass is 32.1. The van der Waals surface area contributed by atoms with Crippen LogP contribution in [0.15, 0.2) is 380 Å². The van der Waals surface area contributed by atoms with Gasteiger partial charge in [-0.2, -0.15) is 4.36 Å². The van der Waals surface area contributed by atoms with Gasteiger partial charge in [0.05, 0.1) is 28.4 Å². The van der Waals surface area contributed by atoms with Crippen LogP contribution in [0, 0.1) is 0 Å². The largest absolute Gasteiger partial charge is 0.396 e. The molecule has 15 aromatic rings. The molecule has 0 radical (unpaired) electrons. The van der Waals surface area contributed by atoms with Gasteiger partial charge in [0, 0.05) is 56.1 Å². The Bertz CT molecular complexity index is 5300. The highest BCUT2D eigenvalue weighted by Gasteiger charge is 2.25. The van der Waals surface area contributed by atoms with Crippen molar-refractivity contribution in [1.29, 1.82) is 0 Å². The van der Waals surface area contributed by atoms with Crippen molar-refractivity contribution < 1.29 is 0 Å². The smallest absolute Gasteiger partial charge is 0.110 e. The summed E-state index contributed by atoms with van der Waals surface area (Å²) in [4.78, 5) is 6.65. The normalized spacial score (nSPS) is 11.0. The molecular formula is C92H68N6S2. The number of hydrogen-bond acceptors (Lipinski definition) is 8. The Morgan fingerprint density at radius 2 is 0.500 bits per heavy atom. The monoisotopic (exact) mass is 1320 g/mol. The van der Waals surface area contributed by atoms with Crippen LogP contribution < -0.4 is 27.0 Å². The molecule has 0 atom stereocenters. The zero-order chi connectivity index (χ0) is 67.7. The minimum absolute atomic E-state index is 0.484. The second kappa shape index (κ2) is 28.9. The Kier molecular flexibility index (Phi) is 18.3. The topological polar surface area (TPSA) is 96.9 Å². The summed E-state index contributed by atoms with van der Waals surface area (Å²) in [6.07, 6.45) is 0. The zero-order valence-electron chi connectivity index (χ0n) is 54.7. The quantitative estimate of drug-likeness (QED) is 0.0551. The Hall–Kier alpha value is -12.7. The lowest BCUT2D eigenvalue weighted by molar-refractivity contribution is 1.28. The SMILES string of the molecule is Nc1c(-c2ccc(-c3ccc(-c4ccc(-c5ccc(N(c6ccccc6)c6ccc(C(=C(c7ccccc7)c7ccccc7)c7ccccc7)cc6)c(N)c5N=S)cc4)s3)cc2)ccc(N(c2ccccc2)c2ccc(C(=C(c3ccccc3)c3ccccc3)c3ccccc3)cc2)c1N. The summed E-state index contributed by atoms with van der Waals surface area (Å²) in [6.45, 7) is 0. The average molecular weight is 1320 g/mol. The van der Waals surface area contributed by atoms with E-state index in [1.54, 1.807) is 11.3 Å². The van der Waals surface area contributed by atoms with Crippen molar-refractivity contribution in [3.8, 4) is 43.1 Å². The Labute approximate surface area is 594 Å². The van der Waals surface area contributed by atoms with Crippen molar-refractivity contribution in [3.63, 3.8) is 0 Å². The molecule has 100 heavy (non-hydrogen) atoms. The maximum Gasteiger partial charge on any atom is 0.110 e. The molecule has 0 amide bonds. The summed E-state index contributed by atoms with van der Waals surface area (Å²) in [7, 11) is 0. The first-order valence-electron chi connectivity index (χ1n) is 33.3. The number of anilines is 9. The van der Waals surface area contributed by atoms with E-state index in [4.69, 9.17) is 29.6 Å². The van der Waals surface area contributed by atoms with Gasteiger partial charge >= 0.3 is 0 Å². The van der Waals surface area contributed by atoms with Gasteiger partial charge < -0.3 is 27.0 Å². The van der Waals surface area contributed by atoms with E-state index in [0.29, 0.717) is 22.7 Å². The second-order valence-corrected chi connectivity index (χ2v) is 25.7. The molecule has 0 aliphatic heterocycles. The van der Waals surface area contributed by atoms with Crippen molar-refractivity contribution in [2.75, 3.05) is 27.0 Å². The number of nitrogens with two attached hydrogens (primary N) is 3. The summed E-state index contributed by atoms with van der Waals surface area (Å²) >= 11 is 7.32. The predicted molar refractivity (Wildman–Crippen MR) is 427 cm³/mol. The van der Waals surface area contributed by atoms with Crippen LogP contribution in [0.3, 0.4) is 0 Å². The molecule has 0 saturated heterocycles. The molecule has 0 saturated carbocycles. The third kappa shape index (κ3) is 12.9. The third-order valence-electron chi connectivity index (χ3n) is 18.3. The van der Waals surface area contributed by atoms with Crippen molar-refractivity contribution >= 4 is 103 Å². The van der Waals surface area contributed by atoms with Crippen molar-refractivity contribution in [3.05, 3.63) is 421 Å². The van der Waals surface area contributed by atoms with Crippen LogP contribution in [0.2, 0.25) is 0 Å². The van der Waals surface area contributed by atoms with E-state index in [2.05, 4.69) is 354 Å². The van der Waals surface area contributed by atoms with E-state index in [1.165, 1.54) is 0 Å². The molecule has 478 valence electrons. The summed E-state index contributed by atoms with van der Waals surface area (Å²) in [5.74, 6) is 0. The molecular weight excluding hydrogens is 1250 g/mol. The van der Waals surface area contributed by atoms with E-state index < -0.39 is 0 Å². The zero-order valence-corrected chi connectivity index (χ0v) is 56.3. The first-order chi connectivity index (χ1) is 49.3. The standard InChI is InChI=1S/C92H68N6S2/c93-89-79(57-59-81(90(89)94)97(75-37-21-7-22-38-75)77-53-49-73(50-54-77)87(71-33-17-5-18-34-71)85(67-25-9-1-10-26-67)68-27-11-2-12-28-68)63-41-45-65(46-42-63)83-61-62-84(100-83)66-47-43-64(44-48-66)80-58-60-82(91(95)92(80)96-99)98(76-39-23-8-24-40-76)78-55-51-74(52-56-78)88(72-35-19-6-20-36-72)86(69-29-13-3-14-30-69)70-31-15-4-16-32-70/h1-62H,93-95H2. The Balaban J connectivity index is 0.684. The van der Waals surface area contributed by atoms with Gasteiger partial charge in [-0.3, -0.25) is 0 Å². The van der Waals surface area contributed by atoms with E-state index >= 15 is 0 Å². The maximum absolute atomic E-state index is 7.26. The van der Waals surface area contributed by atoms with Gasteiger partial charge in [-0.25, -0.2) is 0 Å². The lowest BCUT2D eigenvalue weighted by Gasteiger charge is -2.28. The number of nitrogens with zero attached hydrogens (tertiary/aromatic N) is 3. The van der Waals surface area contributed by atoms with E-state index in [0.717, 1.165) is 144 Å². The summed E-state index contributed by atoms with van der Waals surface area (Å²) in [6, 6.07) is 132. The minimum Gasteiger partial charge on any atom is -0.396 e. The van der Waals surface area contributed by atoms with Crippen molar-refractivity contribution in [2.45, 2.75) is 0 Å². The predicted octanol–water partition coefficient (Wildman–Crippen LogP) is 24.5. The minimum atomic E-state index is 0.484. The fourth-order valence-electron chi connectivity index (χ4n) is 13.5. The number of rotatable bonds is 19. The van der Waals surface area contributed by atoms with Gasteiger partial charge in [0.1, 0.15) is 5.69 Å². The van der Waals surface area contributed by atoms with Crippen LogP contribution in [0.1, 0.15) is 44.5 Å². The molecule has 8 heteroatoms. The summed E-state index contributed by atoms with van der Waals surface area (Å²) in [5.41, 5.74) is 48.3. The van der Waals surface area contributed by atoms with Crippen LogP contribution in [0.4, 0.5) is 56.9 Å². The fraction of sp³-hybridized carbons (Fsp3) is 0. The van der Waals surface area contributed by atoms with Crippen LogP contribution in [-0.4, -0.2) is 0 Å². The number of nitrogen functional groups attached to an aromatic ring is 3. The number of thiophene rings is 1. The Morgan fingerprint density at radius 1 is 0.240 bits per heavy atom. The van der Waals surface area contributed by atoms with Crippen LogP contribution in [0.25, 0.3) is 65.4 Å². The van der Waals surface area contributed by atoms with Gasteiger partial charge in [-0.1, -0.05) is 297 Å². The van der Waals surface area contributed by atoms with Gasteiger partial charge in [-0.05, 0) is 168 Å². The van der Waals surface area contributed by atoms with Crippen molar-refractivity contribution in [2.24, 2.45) is 4.36 Å². The Morgan fingerprint density at radius 3 is 0.820 bits per heavy atom. The van der Waals surface area contributed by atoms with Crippen LogP contribution in [0.5, 0.6) is 0 Å². The summed E-state index contributed by atoms with van der Waals surface area (Å²) < 4.78 is 4.45. The second-order valence-electron chi connectivity index (χ2n) is 24.4.